The van der Waals surface area contributed by atoms with Gasteiger partial charge in [-0.1, -0.05) is 36.4 Å². The van der Waals surface area contributed by atoms with Gasteiger partial charge in [0.2, 0.25) is 0 Å². The van der Waals surface area contributed by atoms with Gasteiger partial charge in [0.05, 0.1) is 12.6 Å². The smallest absolute Gasteiger partial charge is 0.405 e. The highest BCUT2D eigenvalue weighted by molar-refractivity contribution is 5.82. The molecule has 2 N–H and O–H groups in total. The zero-order valence-electron chi connectivity index (χ0n) is 12.6. The number of carbonyl (C=O) groups is 1. The largest absolute Gasteiger partial charge is 0.497 e. The number of ether oxygens (including phenoxy) is 2. The standard InChI is InChI=1S/C18H16N2O3/c1-22-14-9-7-13(8-10-14)17(23-18(19)21)15-6-2-4-12-5-3-11-20-16(12)15/h2-11,17H,1H3,(H2,19,21). The molecule has 2 aromatic carbocycles. The number of methoxy groups -OCH3 is 1. The topological polar surface area (TPSA) is 74.4 Å². The molecule has 0 aliphatic carbocycles. The molecule has 0 aliphatic heterocycles. The highest BCUT2D eigenvalue weighted by atomic mass is 16.6. The molecule has 5 heteroatoms. The van der Waals surface area contributed by atoms with Crippen LogP contribution in [0.2, 0.25) is 0 Å². The zero-order valence-corrected chi connectivity index (χ0v) is 12.6. The fourth-order valence-corrected chi connectivity index (χ4v) is 2.55. The van der Waals surface area contributed by atoms with Crippen LogP contribution in [-0.4, -0.2) is 18.2 Å². The predicted molar refractivity (Wildman–Crippen MR) is 87.2 cm³/mol. The van der Waals surface area contributed by atoms with Gasteiger partial charge < -0.3 is 15.2 Å². The van der Waals surface area contributed by atoms with Crippen molar-refractivity contribution < 1.29 is 14.3 Å². The number of fused-ring (bicyclic) bond motifs is 1. The summed E-state index contributed by atoms with van der Waals surface area (Å²) in [7, 11) is 1.60. The Hall–Kier alpha value is -3.08. The Morgan fingerprint density at radius 1 is 1.09 bits per heavy atom. The number of primary amides is 1. The highest BCUT2D eigenvalue weighted by Crippen LogP contribution is 2.31. The number of hydrogen-bond acceptors (Lipinski definition) is 4. The Bertz CT molecular complexity index is 826. The molecule has 1 amide bonds. The summed E-state index contributed by atoms with van der Waals surface area (Å²) >= 11 is 0. The summed E-state index contributed by atoms with van der Waals surface area (Å²) in [6.45, 7) is 0. The number of para-hydroxylation sites is 1. The number of pyridine rings is 1. The Morgan fingerprint density at radius 3 is 2.52 bits per heavy atom. The molecular formula is C18H16N2O3. The molecule has 3 aromatic rings. The number of rotatable bonds is 4. The summed E-state index contributed by atoms with van der Waals surface area (Å²) < 4.78 is 10.5. The SMILES string of the molecule is COc1ccc(C(OC(N)=O)c2cccc3cccnc23)cc1. The first kappa shape index (κ1) is 14.8. The lowest BCUT2D eigenvalue weighted by Gasteiger charge is -2.19. The molecule has 0 saturated heterocycles. The number of benzene rings is 2. The quantitative estimate of drug-likeness (QED) is 0.801. The van der Waals surface area contributed by atoms with Crippen molar-refractivity contribution in [1.29, 1.82) is 0 Å². The van der Waals surface area contributed by atoms with Crippen LogP contribution in [0.1, 0.15) is 17.2 Å². The van der Waals surface area contributed by atoms with Gasteiger partial charge in [-0.25, -0.2) is 4.79 Å². The maximum Gasteiger partial charge on any atom is 0.405 e. The maximum atomic E-state index is 11.4. The van der Waals surface area contributed by atoms with E-state index in [1.807, 2.05) is 54.6 Å². The normalized spacial score (nSPS) is 11.9. The lowest BCUT2D eigenvalue weighted by molar-refractivity contribution is 0.127. The van der Waals surface area contributed by atoms with Crippen LogP contribution in [0.15, 0.2) is 60.8 Å². The first-order valence-corrected chi connectivity index (χ1v) is 7.12. The van der Waals surface area contributed by atoms with Crippen molar-refractivity contribution in [3.63, 3.8) is 0 Å². The Labute approximate surface area is 133 Å². The molecule has 116 valence electrons. The van der Waals surface area contributed by atoms with E-state index < -0.39 is 12.2 Å². The maximum absolute atomic E-state index is 11.4. The van der Waals surface area contributed by atoms with Crippen LogP contribution in [-0.2, 0) is 4.74 Å². The van der Waals surface area contributed by atoms with Gasteiger partial charge in [0.1, 0.15) is 5.75 Å². The molecule has 3 rings (SSSR count). The van der Waals surface area contributed by atoms with Crippen LogP contribution in [0, 0.1) is 0 Å². The summed E-state index contributed by atoms with van der Waals surface area (Å²) in [6.07, 6.45) is 0.247. The lowest BCUT2D eigenvalue weighted by Crippen LogP contribution is -2.18. The first-order valence-electron chi connectivity index (χ1n) is 7.12. The van der Waals surface area contributed by atoms with Crippen molar-refractivity contribution in [1.82, 2.24) is 4.98 Å². The van der Waals surface area contributed by atoms with Gasteiger partial charge in [0.15, 0.2) is 6.10 Å². The third kappa shape index (κ3) is 3.08. The van der Waals surface area contributed by atoms with Crippen LogP contribution >= 0.6 is 0 Å². The number of aromatic nitrogens is 1. The minimum atomic E-state index is -0.834. The molecule has 0 spiro atoms. The third-order valence-electron chi connectivity index (χ3n) is 3.60. The van der Waals surface area contributed by atoms with Crippen molar-refractivity contribution in [2.24, 2.45) is 5.73 Å². The molecule has 1 atom stereocenters. The minimum Gasteiger partial charge on any atom is -0.497 e. The summed E-state index contributed by atoms with van der Waals surface area (Å²) in [6, 6.07) is 16.9. The summed E-state index contributed by atoms with van der Waals surface area (Å²) in [4.78, 5) is 15.8. The van der Waals surface area contributed by atoms with Gasteiger partial charge >= 0.3 is 6.09 Å². The first-order chi connectivity index (χ1) is 11.2. The molecular weight excluding hydrogens is 292 g/mol. The van der Waals surface area contributed by atoms with Crippen LogP contribution in [0.5, 0.6) is 5.75 Å². The van der Waals surface area contributed by atoms with E-state index in [1.54, 1.807) is 13.3 Å². The zero-order chi connectivity index (χ0) is 16.2. The predicted octanol–water partition coefficient (Wildman–Crippen LogP) is 3.43. The summed E-state index contributed by atoms with van der Waals surface area (Å²) in [5.41, 5.74) is 7.62. The van der Waals surface area contributed by atoms with Crippen LogP contribution in [0.4, 0.5) is 4.79 Å². The minimum absolute atomic E-state index is 0.628. The van der Waals surface area contributed by atoms with Gasteiger partial charge in [0, 0.05) is 17.1 Å². The van der Waals surface area contributed by atoms with Crippen molar-refractivity contribution >= 4 is 17.0 Å². The molecule has 5 nitrogen and oxygen atoms in total. The van der Waals surface area contributed by atoms with Gasteiger partial charge in [-0.2, -0.15) is 0 Å². The molecule has 1 aromatic heterocycles. The van der Waals surface area contributed by atoms with E-state index in [9.17, 15) is 4.79 Å². The van der Waals surface area contributed by atoms with E-state index in [0.29, 0.717) is 0 Å². The second kappa shape index (κ2) is 6.36. The van der Waals surface area contributed by atoms with Crippen molar-refractivity contribution in [2.75, 3.05) is 7.11 Å². The van der Waals surface area contributed by atoms with Crippen LogP contribution in [0.25, 0.3) is 10.9 Å². The summed E-state index contributed by atoms with van der Waals surface area (Å²) in [5.74, 6) is 0.725. The van der Waals surface area contributed by atoms with Crippen molar-refractivity contribution in [2.45, 2.75) is 6.10 Å². The van der Waals surface area contributed by atoms with Crippen molar-refractivity contribution in [3.8, 4) is 5.75 Å². The molecule has 0 saturated carbocycles. The molecule has 0 fully saturated rings. The van der Waals surface area contributed by atoms with Gasteiger partial charge in [-0.05, 0) is 23.8 Å². The van der Waals surface area contributed by atoms with Crippen LogP contribution in [0.3, 0.4) is 0 Å². The van der Waals surface area contributed by atoms with E-state index >= 15 is 0 Å². The number of carbonyl (C=O) groups excluding carboxylic acids is 1. The average Bonchev–Trinajstić information content (AvgIpc) is 2.59. The van der Waals surface area contributed by atoms with E-state index in [-0.39, 0.29) is 0 Å². The number of nitrogens with two attached hydrogens (primary N) is 1. The van der Waals surface area contributed by atoms with E-state index in [2.05, 4.69) is 4.98 Å². The Kier molecular flexibility index (Phi) is 4.10. The fourth-order valence-electron chi connectivity index (χ4n) is 2.55. The molecule has 1 unspecified atom stereocenters. The van der Waals surface area contributed by atoms with E-state index in [1.165, 1.54) is 0 Å². The third-order valence-corrected chi connectivity index (χ3v) is 3.60. The summed E-state index contributed by atoms with van der Waals surface area (Å²) in [5, 5.41) is 0.969. The van der Waals surface area contributed by atoms with Gasteiger partial charge in [-0.3, -0.25) is 4.98 Å². The number of amides is 1. The monoisotopic (exact) mass is 308 g/mol. The van der Waals surface area contributed by atoms with Gasteiger partial charge in [0.25, 0.3) is 0 Å². The Balaban J connectivity index is 2.12. The molecule has 1 heterocycles. The van der Waals surface area contributed by atoms with Gasteiger partial charge in [-0.15, -0.1) is 0 Å². The average molecular weight is 308 g/mol. The Morgan fingerprint density at radius 2 is 1.83 bits per heavy atom. The molecule has 0 bridgehead atoms. The lowest BCUT2D eigenvalue weighted by atomic mass is 9.98. The van der Waals surface area contributed by atoms with Crippen LogP contribution < -0.4 is 10.5 Å². The highest BCUT2D eigenvalue weighted by Gasteiger charge is 2.20. The fraction of sp³-hybridized carbons (Fsp3) is 0.111. The molecule has 0 aliphatic rings. The van der Waals surface area contributed by atoms with Crippen molar-refractivity contribution in [3.05, 3.63) is 71.9 Å². The van der Waals surface area contributed by atoms with E-state index in [4.69, 9.17) is 15.2 Å². The van der Waals surface area contributed by atoms with E-state index in [0.717, 1.165) is 27.8 Å². The number of hydrogen-bond donors (Lipinski definition) is 1. The molecule has 23 heavy (non-hydrogen) atoms. The second-order valence-corrected chi connectivity index (χ2v) is 5.01. The number of nitrogens with zero attached hydrogens (tertiary/aromatic N) is 1. The molecule has 0 radical (unpaired) electrons. The second-order valence-electron chi connectivity index (χ2n) is 5.01.